The maximum absolute atomic E-state index is 9.63. The van der Waals surface area contributed by atoms with E-state index in [0.29, 0.717) is 13.2 Å². The highest BCUT2D eigenvalue weighted by Crippen LogP contribution is 2.22. The van der Waals surface area contributed by atoms with E-state index in [0.717, 1.165) is 17.1 Å². The van der Waals surface area contributed by atoms with Crippen LogP contribution in [0.15, 0.2) is 54.6 Å². The Morgan fingerprint density at radius 3 is 2.12 bits per heavy atom. The average molecular weight is 330 g/mol. The zero-order valence-corrected chi connectivity index (χ0v) is 14.5. The number of aliphatic hydroxyl groups is 1. The fourth-order valence-corrected chi connectivity index (χ4v) is 2.24. The molecule has 130 valence electrons. The molecule has 3 unspecified atom stereocenters. The van der Waals surface area contributed by atoms with Crippen LogP contribution in [-0.4, -0.2) is 30.7 Å². The number of rotatable bonds is 9. The zero-order chi connectivity index (χ0) is 17.4. The maximum Gasteiger partial charge on any atom is 0.197 e. The summed E-state index contributed by atoms with van der Waals surface area (Å²) in [6.45, 7) is 6.58. The molecule has 4 heteroatoms. The maximum atomic E-state index is 9.63. The summed E-state index contributed by atoms with van der Waals surface area (Å²) < 4.78 is 16.9. The Labute approximate surface area is 144 Å². The Hall–Kier alpha value is -2.04. The molecule has 0 heterocycles. The van der Waals surface area contributed by atoms with Gasteiger partial charge in [0.05, 0.1) is 12.7 Å². The Morgan fingerprint density at radius 2 is 1.50 bits per heavy atom. The second-order valence-corrected chi connectivity index (χ2v) is 5.82. The van der Waals surface area contributed by atoms with Crippen molar-refractivity contribution in [2.24, 2.45) is 0 Å². The third-order valence-corrected chi connectivity index (χ3v) is 3.88. The molecule has 0 aliphatic rings. The van der Waals surface area contributed by atoms with Gasteiger partial charge < -0.3 is 19.3 Å². The molecule has 24 heavy (non-hydrogen) atoms. The van der Waals surface area contributed by atoms with Crippen molar-refractivity contribution in [3.05, 3.63) is 60.2 Å². The van der Waals surface area contributed by atoms with E-state index in [1.807, 2.05) is 68.4 Å². The quantitative estimate of drug-likeness (QED) is 0.558. The van der Waals surface area contributed by atoms with Gasteiger partial charge in [0.25, 0.3) is 0 Å². The van der Waals surface area contributed by atoms with E-state index in [1.165, 1.54) is 0 Å². The fourth-order valence-electron chi connectivity index (χ4n) is 2.24. The van der Waals surface area contributed by atoms with Gasteiger partial charge in [-0.05, 0) is 43.7 Å². The van der Waals surface area contributed by atoms with Crippen molar-refractivity contribution in [3.63, 3.8) is 0 Å². The largest absolute Gasteiger partial charge is 0.491 e. The van der Waals surface area contributed by atoms with E-state index in [4.69, 9.17) is 14.2 Å². The van der Waals surface area contributed by atoms with Gasteiger partial charge in [0.15, 0.2) is 6.29 Å². The Kier molecular flexibility index (Phi) is 7.09. The van der Waals surface area contributed by atoms with Crippen LogP contribution < -0.4 is 9.47 Å². The normalized spacial score (nSPS) is 14.7. The molecule has 0 fully saturated rings. The first-order valence-corrected chi connectivity index (χ1v) is 8.30. The van der Waals surface area contributed by atoms with E-state index >= 15 is 0 Å². The number of benzene rings is 2. The number of para-hydroxylation sites is 1. The smallest absolute Gasteiger partial charge is 0.197 e. The highest BCUT2D eigenvalue weighted by atomic mass is 16.7. The summed E-state index contributed by atoms with van der Waals surface area (Å²) in [5, 5.41) is 9.63. The summed E-state index contributed by atoms with van der Waals surface area (Å²) in [5.41, 5.74) is 1.09. The molecule has 0 spiro atoms. The molecule has 4 nitrogen and oxygen atoms in total. The minimum absolute atomic E-state index is 0.0999. The van der Waals surface area contributed by atoms with Gasteiger partial charge in [-0.15, -0.1) is 0 Å². The molecule has 0 bridgehead atoms. The summed E-state index contributed by atoms with van der Waals surface area (Å²) in [5.74, 6) is 1.67. The van der Waals surface area contributed by atoms with Crippen molar-refractivity contribution in [2.75, 3.05) is 13.2 Å². The second kappa shape index (κ2) is 9.30. The molecule has 0 saturated carbocycles. The van der Waals surface area contributed by atoms with Crippen LogP contribution in [0.2, 0.25) is 0 Å². The molecular weight excluding hydrogens is 304 g/mol. The first kappa shape index (κ1) is 18.3. The van der Waals surface area contributed by atoms with Crippen molar-refractivity contribution in [3.8, 4) is 11.5 Å². The van der Waals surface area contributed by atoms with Crippen LogP contribution in [0.3, 0.4) is 0 Å². The molecule has 1 N–H and O–H groups in total. The molecule has 0 radical (unpaired) electrons. The number of hydrogen-bond acceptors (Lipinski definition) is 4. The summed E-state index contributed by atoms with van der Waals surface area (Å²) >= 11 is 0. The standard InChI is InChI=1S/C20H26O4/c1-15(16(2)21)18-9-11-20(12-10-18)24-17(3)22-13-14-23-19-7-5-4-6-8-19/h4-12,15-17,21H,13-14H2,1-3H3. The summed E-state index contributed by atoms with van der Waals surface area (Å²) in [6, 6.07) is 17.4. The number of aliphatic hydroxyl groups excluding tert-OH is 1. The van der Waals surface area contributed by atoms with Gasteiger partial charge in [0, 0.05) is 5.92 Å². The van der Waals surface area contributed by atoms with E-state index in [-0.39, 0.29) is 18.3 Å². The lowest BCUT2D eigenvalue weighted by Gasteiger charge is -2.18. The van der Waals surface area contributed by atoms with Gasteiger partial charge in [0.1, 0.15) is 18.1 Å². The lowest BCUT2D eigenvalue weighted by Crippen LogP contribution is -2.20. The van der Waals surface area contributed by atoms with Gasteiger partial charge in [0.2, 0.25) is 0 Å². The van der Waals surface area contributed by atoms with Crippen molar-refractivity contribution >= 4 is 0 Å². The number of hydrogen-bond donors (Lipinski definition) is 1. The summed E-state index contributed by atoms with van der Waals surface area (Å²) in [4.78, 5) is 0. The van der Waals surface area contributed by atoms with Crippen LogP contribution >= 0.6 is 0 Å². The third-order valence-electron chi connectivity index (χ3n) is 3.88. The Bertz CT molecular complexity index is 580. The first-order chi connectivity index (χ1) is 11.6. The Balaban J connectivity index is 1.71. The molecule has 0 saturated heterocycles. The second-order valence-electron chi connectivity index (χ2n) is 5.82. The van der Waals surface area contributed by atoms with Crippen molar-refractivity contribution in [1.82, 2.24) is 0 Å². The SMILES string of the molecule is CC(OCCOc1ccccc1)Oc1ccc(C(C)C(C)O)cc1. The molecule has 0 aromatic heterocycles. The van der Waals surface area contributed by atoms with E-state index in [9.17, 15) is 5.11 Å². The molecule has 0 aliphatic carbocycles. The molecule has 2 rings (SSSR count). The lowest BCUT2D eigenvalue weighted by molar-refractivity contribution is -0.0739. The van der Waals surface area contributed by atoms with Crippen molar-refractivity contribution < 1.29 is 19.3 Å². The van der Waals surface area contributed by atoms with Gasteiger partial charge in [-0.2, -0.15) is 0 Å². The minimum Gasteiger partial charge on any atom is -0.491 e. The number of ether oxygens (including phenoxy) is 3. The molecule has 2 aromatic carbocycles. The van der Waals surface area contributed by atoms with E-state index in [2.05, 4.69) is 0 Å². The third kappa shape index (κ3) is 5.87. The molecule has 2 aromatic rings. The highest BCUT2D eigenvalue weighted by molar-refractivity contribution is 5.29. The van der Waals surface area contributed by atoms with Crippen LogP contribution in [0.1, 0.15) is 32.3 Å². The first-order valence-electron chi connectivity index (χ1n) is 8.30. The van der Waals surface area contributed by atoms with Gasteiger partial charge in [-0.1, -0.05) is 37.3 Å². The predicted molar refractivity (Wildman–Crippen MR) is 94.5 cm³/mol. The van der Waals surface area contributed by atoms with Crippen LogP contribution in [0.4, 0.5) is 0 Å². The minimum atomic E-state index is -0.372. The lowest BCUT2D eigenvalue weighted by atomic mass is 9.96. The van der Waals surface area contributed by atoms with Crippen molar-refractivity contribution in [2.45, 2.75) is 39.1 Å². The van der Waals surface area contributed by atoms with Crippen LogP contribution in [0, 0.1) is 0 Å². The Morgan fingerprint density at radius 1 is 0.833 bits per heavy atom. The summed E-state index contributed by atoms with van der Waals surface area (Å²) in [6.07, 6.45) is -0.729. The van der Waals surface area contributed by atoms with E-state index in [1.54, 1.807) is 6.92 Å². The van der Waals surface area contributed by atoms with Crippen LogP contribution in [0.25, 0.3) is 0 Å². The van der Waals surface area contributed by atoms with Gasteiger partial charge in [-0.25, -0.2) is 0 Å². The predicted octanol–water partition coefficient (Wildman–Crippen LogP) is 3.99. The van der Waals surface area contributed by atoms with Gasteiger partial charge >= 0.3 is 0 Å². The summed E-state index contributed by atoms with van der Waals surface area (Å²) in [7, 11) is 0. The topological polar surface area (TPSA) is 47.9 Å². The van der Waals surface area contributed by atoms with E-state index < -0.39 is 0 Å². The zero-order valence-electron chi connectivity index (χ0n) is 14.5. The average Bonchev–Trinajstić information content (AvgIpc) is 2.59. The van der Waals surface area contributed by atoms with Crippen molar-refractivity contribution in [1.29, 1.82) is 0 Å². The molecule has 3 atom stereocenters. The fraction of sp³-hybridized carbons (Fsp3) is 0.400. The van der Waals surface area contributed by atoms with Gasteiger partial charge in [-0.3, -0.25) is 0 Å². The van der Waals surface area contributed by atoms with Crippen LogP contribution in [-0.2, 0) is 4.74 Å². The monoisotopic (exact) mass is 330 g/mol. The highest BCUT2D eigenvalue weighted by Gasteiger charge is 2.11. The molecule has 0 amide bonds. The molecular formula is C20H26O4. The van der Waals surface area contributed by atoms with Crippen LogP contribution in [0.5, 0.6) is 11.5 Å². The molecule has 0 aliphatic heterocycles.